The molecule has 0 aliphatic rings. The van der Waals surface area contributed by atoms with Crippen LogP contribution in [-0.4, -0.2) is 15.9 Å². The highest BCUT2D eigenvalue weighted by Gasteiger charge is 2.10. The number of nitrogens with zero attached hydrogens (tertiary/aromatic N) is 2. The van der Waals surface area contributed by atoms with Crippen molar-refractivity contribution in [1.29, 1.82) is 0 Å². The van der Waals surface area contributed by atoms with Crippen LogP contribution in [0.4, 0.5) is 4.39 Å². The van der Waals surface area contributed by atoms with Crippen LogP contribution in [-0.2, 0) is 0 Å². The third kappa shape index (κ3) is 2.80. The largest absolute Gasteiger partial charge is 0.424 e. The van der Waals surface area contributed by atoms with Crippen LogP contribution in [0.25, 0.3) is 0 Å². The van der Waals surface area contributed by atoms with E-state index in [9.17, 15) is 9.18 Å². The number of rotatable bonds is 3. The number of nitrogens with two attached hydrogens (primary N) is 1. The van der Waals surface area contributed by atoms with Gasteiger partial charge in [0.2, 0.25) is 0 Å². The first-order valence-electron chi connectivity index (χ1n) is 4.81. The smallest absolute Gasteiger partial charge is 0.321 e. The van der Waals surface area contributed by atoms with E-state index in [1.807, 2.05) is 0 Å². The summed E-state index contributed by atoms with van der Waals surface area (Å²) in [5.41, 5.74) is 4.79. The molecule has 2 aromatic rings. The number of amides is 1. The van der Waals surface area contributed by atoms with Gasteiger partial charge in [0.25, 0.3) is 5.91 Å². The quantitative estimate of drug-likeness (QED) is 0.943. The summed E-state index contributed by atoms with van der Waals surface area (Å²) in [5, 5.41) is 0. The molecule has 0 aliphatic carbocycles. The van der Waals surface area contributed by atoms with Gasteiger partial charge < -0.3 is 10.5 Å². The zero-order chi connectivity index (χ0) is 13.1. The highest BCUT2D eigenvalue weighted by Crippen LogP contribution is 2.21. The van der Waals surface area contributed by atoms with E-state index in [2.05, 4.69) is 25.9 Å². The Morgan fingerprint density at radius 2 is 2.00 bits per heavy atom. The molecule has 18 heavy (non-hydrogen) atoms. The summed E-state index contributed by atoms with van der Waals surface area (Å²) < 4.78 is 19.4. The summed E-state index contributed by atoms with van der Waals surface area (Å²) in [5.74, 6) is -1.41. The molecule has 0 bridgehead atoms. The van der Waals surface area contributed by atoms with Crippen molar-refractivity contribution in [3.63, 3.8) is 0 Å². The van der Waals surface area contributed by atoms with Gasteiger partial charge in [-0.3, -0.25) is 4.79 Å². The summed E-state index contributed by atoms with van der Waals surface area (Å²) in [6, 6.07) is 3.77. The Morgan fingerprint density at radius 1 is 1.33 bits per heavy atom. The molecule has 0 unspecified atom stereocenters. The Balaban J connectivity index is 2.22. The van der Waals surface area contributed by atoms with Crippen molar-refractivity contribution >= 4 is 21.8 Å². The van der Waals surface area contributed by atoms with Crippen LogP contribution in [0.1, 0.15) is 10.4 Å². The lowest BCUT2D eigenvalue weighted by molar-refractivity contribution is 0.0996. The number of carbonyl (C=O) groups is 1. The zero-order valence-electron chi connectivity index (χ0n) is 8.93. The molecule has 7 heteroatoms. The fourth-order valence-electron chi connectivity index (χ4n) is 1.22. The summed E-state index contributed by atoms with van der Waals surface area (Å²) in [4.78, 5) is 18.6. The summed E-state index contributed by atoms with van der Waals surface area (Å²) in [6.07, 6.45) is 2.99. The second kappa shape index (κ2) is 5.09. The SMILES string of the molecule is NC(=O)c1ccc(Oc2ncc(Br)cn2)cc1F. The van der Waals surface area contributed by atoms with Crippen LogP contribution in [0.3, 0.4) is 0 Å². The molecule has 92 valence electrons. The molecule has 0 saturated carbocycles. The first kappa shape index (κ1) is 12.4. The number of aromatic nitrogens is 2. The van der Waals surface area contributed by atoms with E-state index in [1.54, 1.807) is 0 Å². The second-order valence-electron chi connectivity index (χ2n) is 3.29. The number of halogens is 2. The minimum absolute atomic E-state index is 0.0735. The maximum Gasteiger partial charge on any atom is 0.321 e. The molecule has 1 amide bonds. The van der Waals surface area contributed by atoms with Gasteiger partial charge >= 0.3 is 6.01 Å². The lowest BCUT2D eigenvalue weighted by atomic mass is 10.2. The number of primary amides is 1. The Hall–Kier alpha value is -2.02. The Morgan fingerprint density at radius 3 is 2.56 bits per heavy atom. The molecular weight excluding hydrogens is 305 g/mol. The van der Waals surface area contributed by atoms with Gasteiger partial charge in [-0.2, -0.15) is 0 Å². The molecule has 0 spiro atoms. The highest BCUT2D eigenvalue weighted by atomic mass is 79.9. The maximum absolute atomic E-state index is 13.4. The van der Waals surface area contributed by atoms with E-state index in [0.29, 0.717) is 4.47 Å². The average Bonchev–Trinajstić information content (AvgIpc) is 2.32. The Labute approximate surface area is 110 Å². The van der Waals surface area contributed by atoms with Crippen molar-refractivity contribution < 1.29 is 13.9 Å². The first-order chi connectivity index (χ1) is 8.56. The molecule has 2 rings (SSSR count). The molecule has 0 aliphatic heterocycles. The van der Waals surface area contributed by atoms with E-state index in [1.165, 1.54) is 24.5 Å². The predicted octanol–water partition coefficient (Wildman–Crippen LogP) is 2.27. The van der Waals surface area contributed by atoms with E-state index in [0.717, 1.165) is 6.07 Å². The van der Waals surface area contributed by atoms with Crippen LogP contribution in [0.2, 0.25) is 0 Å². The summed E-state index contributed by atoms with van der Waals surface area (Å²) in [7, 11) is 0. The fraction of sp³-hybridized carbons (Fsp3) is 0. The standard InChI is InChI=1S/C11H7BrFN3O2/c12-6-4-15-11(16-5-6)18-7-1-2-8(10(14)17)9(13)3-7/h1-5H,(H2,14,17). The maximum atomic E-state index is 13.4. The normalized spacial score (nSPS) is 10.1. The molecule has 0 saturated heterocycles. The van der Waals surface area contributed by atoms with Gasteiger partial charge in [-0.25, -0.2) is 14.4 Å². The van der Waals surface area contributed by atoms with Crippen molar-refractivity contribution in [2.45, 2.75) is 0 Å². The number of benzene rings is 1. The van der Waals surface area contributed by atoms with Crippen molar-refractivity contribution in [3.05, 3.63) is 46.4 Å². The molecular formula is C11H7BrFN3O2. The number of hydrogen-bond donors (Lipinski definition) is 1. The molecule has 0 fully saturated rings. The van der Waals surface area contributed by atoms with Crippen molar-refractivity contribution in [1.82, 2.24) is 9.97 Å². The number of hydrogen-bond acceptors (Lipinski definition) is 4. The van der Waals surface area contributed by atoms with Gasteiger partial charge in [-0.15, -0.1) is 0 Å². The minimum Gasteiger partial charge on any atom is -0.424 e. The Bertz CT molecular complexity index is 589. The monoisotopic (exact) mass is 311 g/mol. The van der Waals surface area contributed by atoms with E-state index in [4.69, 9.17) is 10.5 Å². The summed E-state index contributed by atoms with van der Waals surface area (Å²) in [6.45, 7) is 0. The molecule has 1 heterocycles. The predicted molar refractivity (Wildman–Crippen MR) is 64.7 cm³/mol. The summed E-state index contributed by atoms with van der Waals surface area (Å²) >= 11 is 3.18. The van der Waals surface area contributed by atoms with Gasteiger partial charge in [-0.1, -0.05) is 0 Å². The Kier molecular flexibility index (Phi) is 3.52. The molecule has 0 radical (unpaired) electrons. The van der Waals surface area contributed by atoms with Gasteiger partial charge in [0, 0.05) is 18.5 Å². The van der Waals surface area contributed by atoms with Crippen LogP contribution in [0.5, 0.6) is 11.8 Å². The molecule has 1 aromatic heterocycles. The van der Waals surface area contributed by atoms with Gasteiger partial charge in [0.05, 0.1) is 10.0 Å². The molecule has 1 aromatic carbocycles. The fourth-order valence-corrected chi connectivity index (χ4v) is 1.42. The third-order valence-corrected chi connectivity index (χ3v) is 2.42. The van der Waals surface area contributed by atoms with E-state index in [-0.39, 0.29) is 17.3 Å². The highest BCUT2D eigenvalue weighted by molar-refractivity contribution is 9.10. The number of carbonyl (C=O) groups excluding carboxylic acids is 1. The van der Waals surface area contributed by atoms with Crippen molar-refractivity contribution in [3.8, 4) is 11.8 Å². The van der Waals surface area contributed by atoms with Crippen LogP contribution >= 0.6 is 15.9 Å². The number of ether oxygens (including phenoxy) is 1. The molecule has 0 atom stereocenters. The van der Waals surface area contributed by atoms with Gasteiger partial charge in [0.15, 0.2) is 0 Å². The lowest BCUT2D eigenvalue weighted by Gasteiger charge is -2.04. The minimum atomic E-state index is -0.834. The lowest BCUT2D eigenvalue weighted by Crippen LogP contribution is -2.12. The molecule has 2 N–H and O–H groups in total. The van der Waals surface area contributed by atoms with Crippen molar-refractivity contribution in [2.75, 3.05) is 0 Å². The van der Waals surface area contributed by atoms with Crippen LogP contribution in [0, 0.1) is 5.82 Å². The average molecular weight is 312 g/mol. The second-order valence-corrected chi connectivity index (χ2v) is 4.21. The first-order valence-corrected chi connectivity index (χ1v) is 5.60. The third-order valence-electron chi connectivity index (χ3n) is 2.01. The van der Waals surface area contributed by atoms with Crippen LogP contribution in [0.15, 0.2) is 35.1 Å². The van der Waals surface area contributed by atoms with Gasteiger partial charge in [-0.05, 0) is 28.1 Å². The zero-order valence-corrected chi connectivity index (χ0v) is 10.5. The topological polar surface area (TPSA) is 78.1 Å². The van der Waals surface area contributed by atoms with Gasteiger partial charge in [0.1, 0.15) is 11.6 Å². The van der Waals surface area contributed by atoms with E-state index < -0.39 is 11.7 Å². The van der Waals surface area contributed by atoms with Crippen LogP contribution < -0.4 is 10.5 Å². The van der Waals surface area contributed by atoms with Crippen molar-refractivity contribution in [2.24, 2.45) is 5.73 Å². The molecule has 5 nitrogen and oxygen atoms in total. The van der Waals surface area contributed by atoms with E-state index >= 15 is 0 Å².